The van der Waals surface area contributed by atoms with Gasteiger partial charge >= 0.3 is 0 Å². The van der Waals surface area contributed by atoms with E-state index in [9.17, 15) is 5.11 Å². The average molecular weight is 522 g/mol. The monoisotopic (exact) mass is 521 g/mol. The topological polar surface area (TPSA) is 134 Å². The van der Waals surface area contributed by atoms with Crippen LogP contribution >= 0.6 is 0 Å². The van der Waals surface area contributed by atoms with Gasteiger partial charge in [-0.05, 0) is 37.5 Å². The Kier molecular flexibility index (Phi) is 6.96. The summed E-state index contributed by atoms with van der Waals surface area (Å²) in [5, 5.41) is 17.1. The Balaban J connectivity index is 1.22. The standard InChI is InChI=1S/C27H35N7O4/c1-2-21-26(29-17-5-10-36-11-6-17)32-27(24(31-21)25(28)35)30-18-3-4-22-23(13-18)38-16-20-14-33(8-9-34(20)22)19-7-12-37-15-19/h3-4,7,12-13,15,17,20,25,35H,2,5-6,8-11,14,16,28H2,1H3,(H2,29,30,32). The first-order valence-corrected chi connectivity index (χ1v) is 13.4. The van der Waals surface area contributed by atoms with Crippen molar-refractivity contribution >= 4 is 28.7 Å². The lowest BCUT2D eigenvalue weighted by Gasteiger charge is -2.46. The van der Waals surface area contributed by atoms with Crippen LogP contribution in [0.1, 0.15) is 37.4 Å². The number of aliphatic hydroxyl groups is 1. The van der Waals surface area contributed by atoms with Crippen LogP contribution in [-0.2, 0) is 11.2 Å². The van der Waals surface area contributed by atoms with Gasteiger partial charge in [0, 0.05) is 50.6 Å². The second-order valence-corrected chi connectivity index (χ2v) is 9.98. The van der Waals surface area contributed by atoms with Gasteiger partial charge in [0.25, 0.3) is 0 Å². The lowest BCUT2D eigenvalue weighted by Crippen LogP contribution is -2.57. The van der Waals surface area contributed by atoms with E-state index < -0.39 is 6.23 Å². The van der Waals surface area contributed by atoms with Crippen LogP contribution < -0.4 is 30.9 Å². The van der Waals surface area contributed by atoms with E-state index in [-0.39, 0.29) is 12.1 Å². The number of rotatable bonds is 7. The fourth-order valence-electron chi connectivity index (χ4n) is 5.43. The van der Waals surface area contributed by atoms with Gasteiger partial charge in [0.1, 0.15) is 36.4 Å². The highest BCUT2D eigenvalue weighted by molar-refractivity contribution is 5.71. The summed E-state index contributed by atoms with van der Waals surface area (Å²) < 4.78 is 17.0. The molecule has 38 heavy (non-hydrogen) atoms. The minimum Gasteiger partial charge on any atom is -0.489 e. The van der Waals surface area contributed by atoms with Gasteiger partial charge in [0.05, 0.1) is 29.4 Å². The Morgan fingerprint density at radius 1 is 1.16 bits per heavy atom. The maximum Gasteiger partial charge on any atom is 0.158 e. The van der Waals surface area contributed by atoms with E-state index in [1.807, 2.05) is 25.1 Å². The summed E-state index contributed by atoms with van der Waals surface area (Å²) in [6.07, 6.45) is 4.73. The number of nitrogens with one attached hydrogen (secondary N) is 2. The molecule has 2 atom stereocenters. The van der Waals surface area contributed by atoms with Crippen molar-refractivity contribution in [2.24, 2.45) is 5.73 Å². The first-order valence-electron chi connectivity index (χ1n) is 13.4. The van der Waals surface area contributed by atoms with Crippen molar-refractivity contribution in [3.05, 3.63) is 48.2 Å². The first-order chi connectivity index (χ1) is 18.6. The SMILES string of the molecule is CCc1nc(C(N)O)c(Nc2ccc3c(c2)OCC2CN(c4ccoc4)CCN32)nc1NC1CCOCC1. The molecule has 2 aromatic heterocycles. The number of hydrogen-bond donors (Lipinski definition) is 4. The summed E-state index contributed by atoms with van der Waals surface area (Å²) in [7, 11) is 0. The third-order valence-corrected chi connectivity index (χ3v) is 7.49. The molecule has 0 bridgehead atoms. The normalized spacial score (nSPS) is 20.3. The Morgan fingerprint density at radius 3 is 2.79 bits per heavy atom. The van der Waals surface area contributed by atoms with Crippen molar-refractivity contribution in [1.29, 1.82) is 0 Å². The molecule has 3 aromatic rings. The summed E-state index contributed by atoms with van der Waals surface area (Å²) in [5.74, 6) is 1.95. The molecule has 0 aliphatic carbocycles. The molecule has 1 aromatic carbocycles. The molecule has 0 saturated carbocycles. The van der Waals surface area contributed by atoms with E-state index in [2.05, 4.69) is 31.5 Å². The van der Waals surface area contributed by atoms with E-state index >= 15 is 0 Å². The number of aliphatic hydroxyl groups excluding tert-OH is 1. The highest BCUT2D eigenvalue weighted by Crippen LogP contribution is 2.39. The smallest absolute Gasteiger partial charge is 0.158 e. The van der Waals surface area contributed by atoms with Gasteiger partial charge < -0.3 is 45.2 Å². The molecule has 0 radical (unpaired) electrons. The fourth-order valence-corrected chi connectivity index (χ4v) is 5.43. The van der Waals surface area contributed by atoms with E-state index in [1.165, 1.54) is 0 Å². The number of piperazine rings is 1. The fraction of sp³-hybridized carbons (Fsp3) is 0.481. The van der Waals surface area contributed by atoms with Crippen LogP contribution in [0.25, 0.3) is 0 Å². The van der Waals surface area contributed by atoms with Crippen molar-refractivity contribution in [3.8, 4) is 5.75 Å². The number of nitrogens with two attached hydrogens (primary N) is 1. The van der Waals surface area contributed by atoms with E-state index in [1.54, 1.807) is 12.5 Å². The number of furan rings is 1. The predicted molar refractivity (Wildman–Crippen MR) is 145 cm³/mol. The second-order valence-electron chi connectivity index (χ2n) is 9.98. The Hall–Kier alpha value is -3.54. The van der Waals surface area contributed by atoms with Crippen LogP contribution in [0, 0.1) is 0 Å². The van der Waals surface area contributed by atoms with Gasteiger partial charge in [-0.3, -0.25) is 0 Å². The number of ether oxygens (including phenoxy) is 2. The zero-order chi connectivity index (χ0) is 26.1. The molecule has 6 rings (SSSR count). The maximum absolute atomic E-state index is 10.3. The zero-order valence-electron chi connectivity index (χ0n) is 21.6. The Labute approximate surface area is 221 Å². The predicted octanol–water partition coefficient (Wildman–Crippen LogP) is 3.00. The molecule has 3 aliphatic rings. The van der Waals surface area contributed by atoms with E-state index in [0.717, 1.165) is 74.2 Å². The highest BCUT2D eigenvalue weighted by Gasteiger charge is 2.33. The maximum atomic E-state index is 10.3. The minimum atomic E-state index is -1.26. The van der Waals surface area contributed by atoms with Gasteiger partial charge in [0.15, 0.2) is 5.82 Å². The number of aromatic nitrogens is 2. The Bertz CT molecular complexity index is 1250. The van der Waals surface area contributed by atoms with Crippen molar-refractivity contribution in [2.45, 2.75) is 44.5 Å². The number of nitrogens with zero attached hydrogens (tertiary/aromatic N) is 4. The summed E-state index contributed by atoms with van der Waals surface area (Å²) in [6, 6.07) is 8.57. The van der Waals surface area contributed by atoms with Crippen LogP contribution in [0.2, 0.25) is 0 Å². The third kappa shape index (κ3) is 4.96. The third-order valence-electron chi connectivity index (χ3n) is 7.49. The van der Waals surface area contributed by atoms with Gasteiger partial charge in [-0.25, -0.2) is 9.97 Å². The van der Waals surface area contributed by atoms with E-state index in [0.29, 0.717) is 30.4 Å². The summed E-state index contributed by atoms with van der Waals surface area (Å²) >= 11 is 0. The van der Waals surface area contributed by atoms with Gasteiger partial charge in [-0.2, -0.15) is 0 Å². The summed E-state index contributed by atoms with van der Waals surface area (Å²) in [4.78, 5) is 14.3. The number of aryl methyl sites for hydroxylation is 1. The first kappa shape index (κ1) is 24.8. The number of fused-ring (bicyclic) bond motifs is 3. The molecular weight excluding hydrogens is 486 g/mol. The molecule has 11 nitrogen and oxygen atoms in total. The molecule has 2 saturated heterocycles. The average Bonchev–Trinajstić information content (AvgIpc) is 3.48. The number of anilines is 5. The van der Waals surface area contributed by atoms with Gasteiger partial charge in [-0.1, -0.05) is 6.92 Å². The van der Waals surface area contributed by atoms with Crippen LogP contribution in [0.15, 0.2) is 41.2 Å². The molecule has 5 heterocycles. The lowest BCUT2D eigenvalue weighted by atomic mass is 10.1. The molecule has 0 spiro atoms. The quantitative estimate of drug-likeness (QED) is 0.342. The second kappa shape index (κ2) is 10.7. The summed E-state index contributed by atoms with van der Waals surface area (Å²) in [6.45, 7) is 6.75. The zero-order valence-corrected chi connectivity index (χ0v) is 21.6. The molecule has 0 amide bonds. The van der Waals surface area contributed by atoms with Crippen molar-refractivity contribution in [2.75, 3.05) is 59.9 Å². The molecule has 5 N–H and O–H groups in total. The lowest BCUT2D eigenvalue weighted by molar-refractivity contribution is 0.0903. The van der Waals surface area contributed by atoms with Gasteiger partial charge in [-0.15, -0.1) is 0 Å². The largest absolute Gasteiger partial charge is 0.489 e. The molecule has 3 aliphatic heterocycles. The Morgan fingerprint density at radius 2 is 2.03 bits per heavy atom. The van der Waals surface area contributed by atoms with Crippen LogP contribution in [0.4, 0.5) is 28.7 Å². The van der Waals surface area contributed by atoms with E-state index in [4.69, 9.17) is 24.6 Å². The summed E-state index contributed by atoms with van der Waals surface area (Å²) in [5.41, 5.74) is 9.95. The van der Waals surface area contributed by atoms with Crippen LogP contribution in [-0.4, -0.2) is 66.6 Å². The number of hydrogen-bond acceptors (Lipinski definition) is 11. The van der Waals surface area contributed by atoms with Crippen molar-refractivity contribution < 1.29 is 19.0 Å². The van der Waals surface area contributed by atoms with Crippen LogP contribution in [0.5, 0.6) is 5.75 Å². The molecular formula is C27H35N7O4. The number of benzene rings is 1. The molecule has 2 unspecified atom stereocenters. The van der Waals surface area contributed by atoms with Crippen molar-refractivity contribution in [3.63, 3.8) is 0 Å². The minimum absolute atomic E-state index is 0.259. The van der Waals surface area contributed by atoms with Crippen LogP contribution in [0.3, 0.4) is 0 Å². The molecule has 11 heteroatoms. The van der Waals surface area contributed by atoms with Gasteiger partial charge in [0.2, 0.25) is 0 Å². The highest BCUT2D eigenvalue weighted by atomic mass is 16.5. The molecule has 202 valence electrons. The van der Waals surface area contributed by atoms with Crippen molar-refractivity contribution in [1.82, 2.24) is 9.97 Å². The molecule has 2 fully saturated rings.